The van der Waals surface area contributed by atoms with Crippen molar-refractivity contribution in [3.63, 3.8) is 0 Å². The van der Waals surface area contributed by atoms with Gasteiger partial charge in [0, 0.05) is 5.56 Å². The Balaban J connectivity index is 2.39. The molecular formula is C16H16N2O7. The maximum atomic E-state index is 11.1. The third-order valence-electron chi connectivity index (χ3n) is 3.10. The van der Waals surface area contributed by atoms with Gasteiger partial charge in [0.15, 0.2) is 23.8 Å². The number of ether oxygens (including phenoxy) is 2. The predicted molar refractivity (Wildman–Crippen MR) is 87.6 cm³/mol. The number of carboxylic acid groups (broad SMARTS) is 1. The molecule has 0 fully saturated rings. The number of nitro groups is 1. The van der Waals surface area contributed by atoms with Crippen LogP contribution in [0.3, 0.4) is 0 Å². The van der Waals surface area contributed by atoms with E-state index in [2.05, 4.69) is 5.16 Å². The Hall–Kier alpha value is -3.36. The molecule has 1 N–H and O–H groups in total. The summed E-state index contributed by atoms with van der Waals surface area (Å²) in [5.74, 6) is -0.563. The number of rotatable bonds is 8. The molecule has 0 atom stereocenters. The SMILES string of the molecule is CCOc1cccc(C=Cc2onc(C)c2[N+](=O)[O-])c1OCC(=O)O. The van der Waals surface area contributed by atoms with Gasteiger partial charge < -0.3 is 19.1 Å². The highest BCUT2D eigenvalue weighted by molar-refractivity contribution is 5.76. The standard InChI is InChI=1S/C16H16N2O7/c1-3-23-13-6-4-5-11(16(13)24-9-14(19)20)7-8-12-15(18(21)22)10(2)17-25-12/h4-8H,3,9H2,1-2H3,(H,19,20). The van der Waals surface area contributed by atoms with Crippen molar-refractivity contribution in [2.24, 2.45) is 0 Å². The Morgan fingerprint density at radius 3 is 2.80 bits per heavy atom. The number of carboxylic acids is 1. The molecule has 132 valence electrons. The molecule has 0 spiro atoms. The van der Waals surface area contributed by atoms with Gasteiger partial charge in [-0.05, 0) is 32.1 Å². The number of aromatic nitrogens is 1. The van der Waals surface area contributed by atoms with Gasteiger partial charge >= 0.3 is 11.7 Å². The molecule has 9 nitrogen and oxygen atoms in total. The van der Waals surface area contributed by atoms with Gasteiger partial charge in [0.25, 0.3) is 0 Å². The maximum absolute atomic E-state index is 11.1. The lowest BCUT2D eigenvalue weighted by Crippen LogP contribution is -2.11. The summed E-state index contributed by atoms with van der Waals surface area (Å²) in [5, 5.41) is 23.5. The molecule has 9 heteroatoms. The van der Waals surface area contributed by atoms with Crippen LogP contribution in [0.25, 0.3) is 12.2 Å². The van der Waals surface area contributed by atoms with Crippen molar-refractivity contribution in [1.82, 2.24) is 5.16 Å². The van der Waals surface area contributed by atoms with Gasteiger partial charge in [-0.2, -0.15) is 0 Å². The van der Waals surface area contributed by atoms with Crippen molar-refractivity contribution < 1.29 is 28.8 Å². The summed E-state index contributed by atoms with van der Waals surface area (Å²) in [5.41, 5.74) is 0.413. The smallest absolute Gasteiger partial charge is 0.341 e. The van der Waals surface area contributed by atoms with Gasteiger partial charge in [0.05, 0.1) is 11.5 Å². The number of aliphatic carboxylic acids is 1. The van der Waals surface area contributed by atoms with Crippen molar-refractivity contribution in [2.75, 3.05) is 13.2 Å². The minimum Gasteiger partial charge on any atom is -0.490 e. The Labute approximate surface area is 142 Å². The average Bonchev–Trinajstić information content (AvgIpc) is 2.93. The molecule has 1 aromatic heterocycles. The Kier molecular flexibility index (Phi) is 5.72. The van der Waals surface area contributed by atoms with Crippen molar-refractivity contribution in [1.29, 1.82) is 0 Å². The molecule has 25 heavy (non-hydrogen) atoms. The molecule has 1 aromatic carbocycles. The zero-order valence-electron chi connectivity index (χ0n) is 13.6. The Morgan fingerprint density at radius 2 is 2.16 bits per heavy atom. The number of aryl methyl sites for hydroxylation is 1. The van der Waals surface area contributed by atoms with E-state index in [4.69, 9.17) is 19.1 Å². The molecule has 0 aliphatic rings. The minimum absolute atomic E-state index is 0.0199. The molecule has 0 amide bonds. The first-order chi connectivity index (χ1) is 11.9. The lowest BCUT2D eigenvalue weighted by atomic mass is 10.1. The Bertz CT molecular complexity index is 811. The monoisotopic (exact) mass is 348 g/mol. The quantitative estimate of drug-likeness (QED) is 0.570. The van der Waals surface area contributed by atoms with Crippen molar-refractivity contribution in [3.05, 3.63) is 45.3 Å². The summed E-state index contributed by atoms with van der Waals surface area (Å²) in [6.45, 7) is 3.07. The van der Waals surface area contributed by atoms with Crippen LogP contribution >= 0.6 is 0 Å². The van der Waals surface area contributed by atoms with E-state index in [9.17, 15) is 14.9 Å². The summed E-state index contributed by atoms with van der Waals surface area (Å²) in [6.07, 6.45) is 2.88. The van der Waals surface area contributed by atoms with Crippen LogP contribution in [-0.2, 0) is 4.79 Å². The van der Waals surface area contributed by atoms with Crippen LogP contribution in [0.4, 0.5) is 5.69 Å². The molecule has 0 radical (unpaired) electrons. The second-order valence-electron chi connectivity index (χ2n) is 4.86. The fraction of sp³-hybridized carbons (Fsp3) is 0.250. The molecule has 0 aliphatic heterocycles. The topological polar surface area (TPSA) is 125 Å². The third-order valence-corrected chi connectivity index (χ3v) is 3.10. The van der Waals surface area contributed by atoms with E-state index in [1.807, 2.05) is 0 Å². The first kappa shape index (κ1) is 18.0. The van der Waals surface area contributed by atoms with E-state index < -0.39 is 17.5 Å². The first-order valence-corrected chi connectivity index (χ1v) is 7.33. The average molecular weight is 348 g/mol. The van der Waals surface area contributed by atoms with Crippen LogP contribution in [0.1, 0.15) is 23.9 Å². The number of hydrogen-bond donors (Lipinski definition) is 1. The number of carbonyl (C=O) groups is 1. The van der Waals surface area contributed by atoms with Crippen LogP contribution in [0.15, 0.2) is 22.7 Å². The molecule has 0 unspecified atom stereocenters. The Morgan fingerprint density at radius 1 is 1.40 bits per heavy atom. The number of benzene rings is 1. The van der Waals surface area contributed by atoms with Crippen LogP contribution in [0.2, 0.25) is 0 Å². The highest BCUT2D eigenvalue weighted by Crippen LogP contribution is 2.33. The van der Waals surface area contributed by atoms with Crippen LogP contribution in [0, 0.1) is 17.0 Å². The van der Waals surface area contributed by atoms with Gasteiger partial charge in [0.2, 0.25) is 5.76 Å². The van der Waals surface area contributed by atoms with Gasteiger partial charge in [-0.3, -0.25) is 10.1 Å². The summed E-state index contributed by atoms with van der Waals surface area (Å²) in [6, 6.07) is 4.99. The molecule has 0 bridgehead atoms. The van der Waals surface area contributed by atoms with Crippen LogP contribution in [-0.4, -0.2) is 34.4 Å². The number of para-hydroxylation sites is 1. The molecule has 0 saturated heterocycles. The highest BCUT2D eigenvalue weighted by atomic mass is 16.6. The van der Waals surface area contributed by atoms with Gasteiger partial charge in [-0.1, -0.05) is 17.3 Å². The fourth-order valence-corrected chi connectivity index (χ4v) is 2.10. The molecule has 1 heterocycles. The predicted octanol–water partition coefficient (Wildman–Crippen LogP) is 2.92. The third kappa shape index (κ3) is 4.34. The largest absolute Gasteiger partial charge is 0.490 e. The number of hydrogen-bond acceptors (Lipinski definition) is 7. The lowest BCUT2D eigenvalue weighted by molar-refractivity contribution is -0.386. The van der Waals surface area contributed by atoms with E-state index in [0.29, 0.717) is 17.9 Å². The molecule has 0 aliphatic carbocycles. The maximum Gasteiger partial charge on any atom is 0.341 e. The van der Waals surface area contributed by atoms with E-state index in [0.717, 1.165) is 0 Å². The first-order valence-electron chi connectivity index (χ1n) is 7.33. The summed E-state index contributed by atoms with van der Waals surface area (Å²) in [7, 11) is 0. The van der Waals surface area contributed by atoms with Crippen LogP contribution in [0.5, 0.6) is 11.5 Å². The zero-order chi connectivity index (χ0) is 18.4. The zero-order valence-corrected chi connectivity index (χ0v) is 13.6. The van der Waals surface area contributed by atoms with E-state index in [1.54, 1.807) is 25.1 Å². The van der Waals surface area contributed by atoms with Crippen molar-refractivity contribution >= 4 is 23.8 Å². The van der Waals surface area contributed by atoms with Crippen LogP contribution < -0.4 is 9.47 Å². The van der Waals surface area contributed by atoms with Gasteiger partial charge in [-0.15, -0.1) is 0 Å². The summed E-state index contributed by atoms with van der Waals surface area (Å²) in [4.78, 5) is 21.3. The molecule has 2 aromatic rings. The van der Waals surface area contributed by atoms with E-state index in [-0.39, 0.29) is 22.9 Å². The molecular weight excluding hydrogens is 332 g/mol. The summed E-state index contributed by atoms with van der Waals surface area (Å²) < 4.78 is 15.7. The second kappa shape index (κ2) is 7.95. The number of nitrogens with zero attached hydrogens (tertiary/aromatic N) is 2. The molecule has 2 rings (SSSR count). The minimum atomic E-state index is -1.14. The highest BCUT2D eigenvalue weighted by Gasteiger charge is 2.22. The van der Waals surface area contributed by atoms with Crippen molar-refractivity contribution in [3.8, 4) is 11.5 Å². The van der Waals surface area contributed by atoms with Gasteiger partial charge in [0.1, 0.15) is 0 Å². The van der Waals surface area contributed by atoms with Gasteiger partial charge in [-0.25, -0.2) is 4.79 Å². The van der Waals surface area contributed by atoms with E-state index >= 15 is 0 Å². The normalized spacial score (nSPS) is 10.8. The fourth-order valence-electron chi connectivity index (χ4n) is 2.10. The second-order valence-corrected chi connectivity index (χ2v) is 4.86. The van der Waals surface area contributed by atoms with E-state index in [1.165, 1.54) is 19.1 Å². The summed E-state index contributed by atoms with van der Waals surface area (Å²) >= 11 is 0. The molecule has 0 saturated carbocycles. The lowest BCUT2D eigenvalue weighted by Gasteiger charge is -2.13. The van der Waals surface area contributed by atoms with Crippen molar-refractivity contribution in [2.45, 2.75) is 13.8 Å².